The molecule has 0 radical (unpaired) electrons. The number of nitrogens with one attached hydrogen (secondary N) is 2. The monoisotopic (exact) mass is 397 g/mol. The fourth-order valence-corrected chi connectivity index (χ4v) is 3.25. The summed E-state index contributed by atoms with van der Waals surface area (Å²) in [6.07, 6.45) is 0. The third kappa shape index (κ3) is 4.51. The number of hydrogen-bond acceptors (Lipinski definition) is 3. The highest BCUT2D eigenvalue weighted by atomic mass is 19.1. The summed E-state index contributed by atoms with van der Waals surface area (Å²) in [5, 5.41) is 5.64. The van der Waals surface area contributed by atoms with Crippen LogP contribution in [0.4, 0.5) is 14.9 Å². The van der Waals surface area contributed by atoms with Gasteiger partial charge < -0.3 is 24.7 Å². The third-order valence-corrected chi connectivity index (χ3v) is 4.72. The second-order valence-electron chi connectivity index (χ2n) is 6.58. The van der Waals surface area contributed by atoms with Gasteiger partial charge in [0.1, 0.15) is 17.3 Å². The Balaban J connectivity index is 1.71. The maximum absolute atomic E-state index is 13.2. The Morgan fingerprint density at radius 2 is 1.76 bits per heavy atom. The molecule has 152 valence electrons. The first-order valence-electron chi connectivity index (χ1n) is 9.13. The predicted molar refractivity (Wildman–Crippen MR) is 111 cm³/mol. The first kappa shape index (κ1) is 20.3. The topological polar surface area (TPSA) is 64.5 Å². The molecule has 0 aliphatic carbocycles. The lowest BCUT2D eigenvalue weighted by Crippen LogP contribution is -2.28. The molecule has 1 aromatic heterocycles. The molecule has 2 amide bonds. The summed E-state index contributed by atoms with van der Waals surface area (Å²) in [5.41, 5.74) is 4.34. The van der Waals surface area contributed by atoms with Crippen LogP contribution in [-0.4, -0.2) is 24.8 Å². The third-order valence-electron chi connectivity index (χ3n) is 4.72. The van der Waals surface area contributed by atoms with Crippen LogP contribution in [0.3, 0.4) is 0 Å². The van der Waals surface area contributed by atoms with Crippen LogP contribution in [0.15, 0.2) is 48.5 Å². The van der Waals surface area contributed by atoms with E-state index in [4.69, 9.17) is 9.47 Å². The Kier molecular flexibility index (Phi) is 6.07. The highest BCUT2D eigenvalue weighted by Gasteiger charge is 2.13. The highest BCUT2D eigenvalue weighted by molar-refractivity contribution is 5.91. The van der Waals surface area contributed by atoms with Gasteiger partial charge in [0.15, 0.2) is 0 Å². The molecule has 1 heterocycles. The number of aryl methyl sites for hydroxylation is 1. The normalized spacial score (nSPS) is 10.5. The lowest BCUT2D eigenvalue weighted by Gasteiger charge is -2.13. The summed E-state index contributed by atoms with van der Waals surface area (Å²) in [6.45, 7) is 4.29. The van der Waals surface area contributed by atoms with E-state index in [0.29, 0.717) is 23.7 Å². The largest absolute Gasteiger partial charge is 0.497 e. The fourth-order valence-electron chi connectivity index (χ4n) is 3.25. The Bertz CT molecular complexity index is 1010. The Morgan fingerprint density at radius 1 is 1.03 bits per heavy atom. The molecular formula is C22H24FN3O3. The second kappa shape index (κ2) is 8.68. The molecule has 2 aromatic carbocycles. The number of aromatic nitrogens is 1. The van der Waals surface area contributed by atoms with Crippen molar-refractivity contribution in [3.63, 3.8) is 0 Å². The van der Waals surface area contributed by atoms with Gasteiger partial charge in [-0.15, -0.1) is 0 Å². The van der Waals surface area contributed by atoms with Crippen LogP contribution in [0, 0.1) is 19.7 Å². The Labute approximate surface area is 169 Å². The minimum atomic E-state index is -0.358. The van der Waals surface area contributed by atoms with Gasteiger partial charge in [0.2, 0.25) is 0 Å². The van der Waals surface area contributed by atoms with E-state index in [2.05, 4.69) is 10.6 Å². The number of urea groups is 1. The molecule has 0 bridgehead atoms. The quantitative estimate of drug-likeness (QED) is 0.640. The van der Waals surface area contributed by atoms with Crippen molar-refractivity contribution in [1.82, 2.24) is 9.88 Å². The van der Waals surface area contributed by atoms with E-state index >= 15 is 0 Å². The van der Waals surface area contributed by atoms with Gasteiger partial charge in [-0.3, -0.25) is 0 Å². The van der Waals surface area contributed by atoms with Gasteiger partial charge in [0.05, 0.1) is 19.9 Å². The van der Waals surface area contributed by atoms with Gasteiger partial charge in [-0.1, -0.05) is 0 Å². The lowest BCUT2D eigenvalue weighted by atomic mass is 10.2. The predicted octanol–water partition coefficient (Wildman–Crippen LogP) is 4.57. The van der Waals surface area contributed by atoms with Gasteiger partial charge in [-0.25, -0.2) is 9.18 Å². The maximum atomic E-state index is 13.2. The number of carbonyl (C=O) groups excluding carboxylic acids is 1. The minimum absolute atomic E-state index is 0.275. The van der Waals surface area contributed by atoms with Crippen molar-refractivity contribution in [3.8, 4) is 17.2 Å². The van der Waals surface area contributed by atoms with Crippen molar-refractivity contribution in [3.05, 3.63) is 71.3 Å². The zero-order valence-electron chi connectivity index (χ0n) is 16.9. The van der Waals surface area contributed by atoms with Crippen LogP contribution in [-0.2, 0) is 6.54 Å². The summed E-state index contributed by atoms with van der Waals surface area (Å²) >= 11 is 0. The summed E-state index contributed by atoms with van der Waals surface area (Å²) in [4.78, 5) is 12.4. The number of carbonyl (C=O) groups is 1. The van der Waals surface area contributed by atoms with E-state index < -0.39 is 0 Å². The van der Waals surface area contributed by atoms with Crippen molar-refractivity contribution >= 4 is 11.7 Å². The molecular weight excluding hydrogens is 373 g/mol. The van der Waals surface area contributed by atoms with Crippen LogP contribution in [0.1, 0.15) is 17.0 Å². The lowest BCUT2D eigenvalue weighted by molar-refractivity contribution is 0.251. The number of halogens is 1. The smallest absolute Gasteiger partial charge is 0.319 e. The zero-order chi connectivity index (χ0) is 21.0. The Morgan fingerprint density at radius 3 is 2.41 bits per heavy atom. The zero-order valence-corrected chi connectivity index (χ0v) is 16.9. The number of nitrogens with zero attached hydrogens (tertiary/aromatic N) is 1. The molecule has 0 saturated heterocycles. The van der Waals surface area contributed by atoms with Crippen LogP contribution in [0.5, 0.6) is 11.5 Å². The number of benzene rings is 2. The minimum Gasteiger partial charge on any atom is -0.497 e. The number of anilines is 1. The summed E-state index contributed by atoms with van der Waals surface area (Å²) in [5.74, 6) is 0.877. The first-order valence-corrected chi connectivity index (χ1v) is 9.13. The van der Waals surface area contributed by atoms with E-state index in [9.17, 15) is 9.18 Å². The van der Waals surface area contributed by atoms with Gasteiger partial charge >= 0.3 is 6.03 Å². The van der Waals surface area contributed by atoms with Crippen LogP contribution >= 0.6 is 0 Å². The van der Waals surface area contributed by atoms with Crippen LogP contribution in [0.2, 0.25) is 0 Å². The van der Waals surface area contributed by atoms with Gasteiger partial charge in [-0.05, 0) is 61.9 Å². The molecule has 2 N–H and O–H groups in total. The molecule has 0 aliphatic rings. The number of amides is 2. The van der Waals surface area contributed by atoms with Gasteiger partial charge in [0.25, 0.3) is 0 Å². The first-order chi connectivity index (χ1) is 13.9. The molecule has 0 aliphatic heterocycles. The van der Waals surface area contributed by atoms with E-state index in [1.165, 1.54) is 19.2 Å². The van der Waals surface area contributed by atoms with Crippen molar-refractivity contribution < 1.29 is 18.7 Å². The molecule has 7 heteroatoms. The summed E-state index contributed by atoms with van der Waals surface area (Å²) in [7, 11) is 3.09. The average molecular weight is 397 g/mol. The van der Waals surface area contributed by atoms with E-state index in [0.717, 1.165) is 22.6 Å². The molecule has 3 rings (SSSR count). The SMILES string of the molecule is COc1ccc(OC)c(NC(=O)NCc2cc(C)n(-c3ccc(F)cc3)c2C)c1. The number of hydrogen-bond donors (Lipinski definition) is 2. The highest BCUT2D eigenvalue weighted by Crippen LogP contribution is 2.28. The molecule has 29 heavy (non-hydrogen) atoms. The molecule has 6 nitrogen and oxygen atoms in total. The average Bonchev–Trinajstić information content (AvgIpc) is 3.00. The van der Waals surface area contributed by atoms with Gasteiger partial charge in [0, 0.05) is 29.7 Å². The maximum Gasteiger partial charge on any atom is 0.319 e. The van der Waals surface area contributed by atoms with Crippen molar-refractivity contribution in [2.24, 2.45) is 0 Å². The second-order valence-corrected chi connectivity index (χ2v) is 6.58. The number of rotatable bonds is 6. The van der Waals surface area contributed by atoms with Crippen molar-refractivity contribution in [1.29, 1.82) is 0 Å². The molecule has 0 fully saturated rings. The number of ether oxygens (including phenoxy) is 2. The van der Waals surface area contributed by atoms with E-state index in [-0.39, 0.29) is 11.8 Å². The van der Waals surface area contributed by atoms with E-state index in [1.54, 1.807) is 37.4 Å². The van der Waals surface area contributed by atoms with Crippen LogP contribution < -0.4 is 20.1 Å². The molecule has 0 saturated carbocycles. The van der Waals surface area contributed by atoms with Crippen LogP contribution in [0.25, 0.3) is 5.69 Å². The van der Waals surface area contributed by atoms with Gasteiger partial charge in [-0.2, -0.15) is 0 Å². The molecule has 3 aromatic rings. The Hall–Kier alpha value is -3.48. The van der Waals surface area contributed by atoms with E-state index in [1.807, 2.05) is 24.5 Å². The fraction of sp³-hybridized carbons (Fsp3) is 0.227. The molecule has 0 atom stereocenters. The summed E-state index contributed by atoms with van der Waals surface area (Å²) < 4.78 is 25.7. The molecule has 0 spiro atoms. The number of methoxy groups -OCH3 is 2. The van der Waals surface area contributed by atoms with Crippen molar-refractivity contribution in [2.45, 2.75) is 20.4 Å². The van der Waals surface area contributed by atoms with Crippen molar-refractivity contribution in [2.75, 3.05) is 19.5 Å². The summed E-state index contributed by atoms with van der Waals surface area (Å²) in [6, 6.07) is 13.1. The molecule has 0 unspecified atom stereocenters. The standard InChI is InChI=1S/C22H24FN3O3/c1-14-11-16(15(2)26(14)18-7-5-17(23)6-8-18)13-24-22(27)25-20-12-19(28-3)9-10-21(20)29-4/h5-12H,13H2,1-4H3,(H2,24,25,27).